The van der Waals surface area contributed by atoms with E-state index in [2.05, 4.69) is 4.74 Å². The summed E-state index contributed by atoms with van der Waals surface area (Å²) in [4.78, 5) is 23.3. The van der Waals surface area contributed by atoms with Crippen LogP contribution >= 0.6 is 0 Å². The van der Waals surface area contributed by atoms with Crippen LogP contribution in [-0.2, 0) is 9.53 Å². The summed E-state index contributed by atoms with van der Waals surface area (Å²) in [6.07, 6.45) is -0.485. The van der Waals surface area contributed by atoms with Crippen LogP contribution in [0.1, 0.15) is 29.4 Å². The lowest BCUT2D eigenvalue weighted by Crippen LogP contribution is -2.14. The Kier molecular flexibility index (Phi) is 4.96. The van der Waals surface area contributed by atoms with Gasteiger partial charge in [-0.3, -0.25) is 9.59 Å². The molecule has 0 saturated heterocycles. The van der Waals surface area contributed by atoms with Gasteiger partial charge in [0.1, 0.15) is 5.76 Å². The lowest BCUT2D eigenvalue weighted by molar-refractivity contribution is -0.140. The molecule has 24 heavy (non-hydrogen) atoms. The van der Waals surface area contributed by atoms with Crippen molar-refractivity contribution in [3.8, 4) is 5.75 Å². The van der Waals surface area contributed by atoms with Gasteiger partial charge in [-0.15, -0.1) is 0 Å². The number of halogens is 3. The van der Waals surface area contributed by atoms with Crippen LogP contribution in [0.15, 0.2) is 27.4 Å². The van der Waals surface area contributed by atoms with Crippen LogP contribution in [0, 0.1) is 24.4 Å². The van der Waals surface area contributed by atoms with Crippen molar-refractivity contribution in [2.45, 2.75) is 19.3 Å². The summed E-state index contributed by atoms with van der Waals surface area (Å²) in [6.45, 7) is 1.42. The van der Waals surface area contributed by atoms with Gasteiger partial charge in [-0.25, -0.2) is 13.2 Å². The number of rotatable bonds is 4. The van der Waals surface area contributed by atoms with E-state index in [1.54, 1.807) is 0 Å². The van der Waals surface area contributed by atoms with Gasteiger partial charge in [0.25, 0.3) is 0 Å². The van der Waals surface area contributed by atoms with E-state index in [1.807, 2.05) is 0 Å². The maximum atomic E-state index is 13.5. The summed E-state index contributed by atoms with van der Waals surface area (Å²) < 4.78 is 49.9. The normalized spacial score (nSPS) is 12.0. The molecule has 1 aromatic heterocycles. The minimum Gasteiger partial charge on any atom is -0.502 e. The first-order valence-corrected chi connectivity index (χ1v) is 6.79. The Hall–Kier alpha value is -2.77. The topological polar surface area (TPSA) is 76.7 Å². The van der Waals surface area contributed by atoms with Gasteiger partial charge in [-0.2, -0.15) is 0 Å². The Morgan fingerprint density at radius 3 is 2.38 bits per heavy atom. The summed E-state index contributed by atoms with van der Waals surface area (Å²) >= 11 is 0. The van der Waals surface area contributed by atoms with E-state index in [-0.39, 0.29) is 17.1 Å². The van der Waals surface area contributed by atoms with Gasteiger partial charge in [0.05, 0.1) is 19.4 Å². The molecule has 1 atom stereocenters. The molecule has 0 fully saturated rings. The van der Waals surface area contributed by atoms with Crippen molar-refractivity contribution in [2.75, 3.05) is 7.11 Å². The van der Waals surface area contributed by atoms with Gasteiger partial charge < -0.3 is 14.3 Å². The van der Waals surface area contributed by atoms with Gasteiger partial charge in [0.15, 0.2) is 23.2 Å². The fourth-order valence-corrected chi connectivity index (χ4v) is 2.25. The zero-order chi connectivity index (χ0) is 18.0. The molecule has 0 bridgehead atoms. The minimum absolute atomic E-state index is 0.116. The molecule has 0 spiro atoms. The molecule has 0 amide bonds. The fraction of sp³-hybridized carbons (Fsp3) is 0.250. The third kappa shape index (κ3) is 3.42. The van der Waals surface area contributed by atoms with Crippen LogP contribution in [0.2, 0.25) is 0 Å². The molecule has 0 radical (unpaired) electrons. The molecule has 2 rings (SSSR count). The number of methoxy groups -OCH3 is 1. The van der Waals surface area contributed by atoms with Gasteiger partial charge >= 0.3 is 5.97 Å². The second-order valence-electron chi connectivity index (χ2n) is 5.07. The number of esters is 1. The number of hydrogen-bond acceptors (Lipinski definition) is 5. The molecule has 128 valence electrons. The van der Waals surface area contributed by atoms with E-state index in [0.29, 0.717) is 12.1 Å². The van der Waals surface area contributed by atoms with Crippen molar-refractivity contribution in [1.82, 2.24) is 0 Å². The number of aryl methyl sites for hydroxylation is 1. The molecule has 0 aliphatic heterocycles. The number of hydrogen-bond donors (Lipinski definition) is 1. The van der Waals surface area contributed by atoms with E-state index >= 15 is 0 Å². The lowest BCUT2D eigenvalue weighted by Gasteiger charge is -2.17. The van der Waals surface area contributed by atoms with Crippen LogP contribution in [0.5, 0.6) is 5.75 Å². The highest BCUT2D eigenvalue weighted by Gasteiger charge is 2.28. The first kappa shape index (κ1) is 17.6. The SMILES string of the molecule is COC(=O)CC(c1cc(F)c(F)c(F)c1)c1oc(C)cc(=O)c1O. The van der Waals surface area contributed by atoms with Crippen molar-refractivity contribution >= 4 is 5.97 Å². The molecule has 1 N–H and O–H groups in total. The average Bonchev–Trinajstić information content (AvgIpc) is 2.53. The predicted octanol–water partition coefficient (Wildman–Crippen LogP) is 2.77. The van der Waals surface area contributed by atoms with Crippen LogP contribution in [0.4, 0.5) is 13.2 Å². The number of ether oxygens (including phenoxy) is 1. The molecule has 8 heteroatoms. The van der Waals surface area contributed by atoms with E-state index in [1.165, 1.54) is 6.92 Å². The summed E-state index contributed by atoms with van der Waals surface area (Å²) in [7, 11) is 1.09. The van der Waals surface area contributed by atoms with Gasteiger partial charge in [-0.1, -0.05) is 0 Å². The Morgan fingerprint density at radius 1 is 1.25 bits per heavy atom. The highest BCUT2D eigenvalue weighted by atomic mass is 19.2. The molecule has 1 heterocycles. The van der Waals surface area contributed by atoms with Gasteiger partial charge in [0.2, 0.25) is 11.2 Å². The quantitative estimate of drug-likeness (QED) is 0.683. The summed E-state index contributed by atoms with van der Waals surface area (Å²) in [5.74, 6) is -7.71. The lowest BCUT2D eigenvalue weighted by atomic mass is 9.92. The number of aromatic hydroxyl groups is 1. The minimum atomic E-state index is -1.68. The summed E-state index contributed by atoms with van der Waals surface area (Å²) in [5.41, 5.74) is -0.979. The summed E-state index contributed by atoms with van der Waals surface area (Å²) in [6, 6.07) is 2.33. The average molecular weight is 342 g/mol. The smallest absolute Gasteiger partial charge is 0.306 e. The molecular formula is C16H13F3O5. The van der Waals surface area contributed by atoms with Crippen molar-refractivity contribution in [2.24, 2.45) is 0 Å². The Bertz CT molecular complexity index is 821. The molecular weight excluding hydrogens is 329 g/mol. The Labute approximate surface area is 134 Å². The fourth-order valence-electron chi connectivity index (χ4n) is 2.25. The maximum absolute atomic E-state index is 13.5. The van der Waals surface area contributed by atoms with Crippen molar-refractivity contribution in [1.29, 1.82) is 0 Å². The maximum Gasteiger partial charge on any atom is 0.306 e. The third-order valence-corrected chi connectivity index (χ3v) is 3.40. The molecule has 0 aliphatic rings. The van der Waals surface area contributed by atoms with E-state index < -0.39 is 46.9 Å². The molecule has 5 nitrogen and oxygen atoms in total. The number of benzene rings is 1. The van der Waals surface area contributed by atoms with Crippen molar-refractivity contribution in [3.63, 3.8) is 0 Å². The van der Waals surface area contributed by atoms with Crippen LogP contribution in [0.3, 0.4) is 0 Å². The standard InChI is InChI=1S/C16H13F3O5/c1-7-3-12(20)15(22)16(24-7)9(6-13(21)23-2)8-4-10(17)14(19)11(18)5-8/h3-5,9,22H,6H2,1-2H3. The zero-order valence-electron chi connectivity index (χ0n) is 12.7. The number of carbonyl (C=O) groups is 1. The Balaban J connectivity index is 2.66. The first-order chi connectivity index (χ1) is 11.2. The van der Waals surface area contributed by atoms with Crippen LogP contribution in [-0.4, -0.2) is 18.2 Å². The number of carbonyl (C=O) groups excluding carboxylic acids is 1. The van der Waals surface area contributed by atoms with E-state index in [9.17, 15) is 27.9 Å². The van der Waals surface area contributed by atoms with Crippen molar-refractivity contribution < 1.29 is 32.2 Å². The monoisotopic (exact) mass is 342 g/mol. The first-order valence-electron chi connectivity index (χ1n) is 6.79. The zero-order valence-corrected chi connectivity index (χ0v) is 12.7. The summed E-state index contributed by atoms with van der Waals surface area (Å²) in [5, 5.41) is 9.91. The predicted molar refractivity (Wildman–Crippen MR) is 76.2 cm³/mol. The molecule has 0 aliphatic carbocycles. The molecule has 2 aromatic rings. The van der Waals surface area contributed by atoms with Crippen molar-refractivity contribution in [3.05, 3.63) is 63.0 Å². The molecule has 0 saturated carbocycles. The van der Waals surface area contributed by atoms with E-state index in [4.69, 9.17) is 4.42 Å². The molecule has 1 aromatic carbocycles. The largest absolute Gasteiger partial charge is 0.502 e. The third-order valence-electron chi connectivity index (χ3n) is 3.40. The highest BCUT2D eigenvalue weighted by molar-refractivity contribution is 5.71. The van der Waals surface area contributed by atoms with Gasteiger partial charge in [0, 0.05) is 6.07 Å². The molecule has 1 unspecified atom stereocenters. The van der Waals surface area contributed by atoms with Crippen LogP contribution in [0.25, 0.3) is 0 Å². The van der Waals surface area contributed by atoms with Gasteiger partial charge in [-0.05, 0) is 24.6 Å². The Morgan fingerprint density at radius 2 is 1.83 bits per heavy atom. The second-order valence-corrected chi connectivity index (χ2v) is 5.07. The highest BCUT2D eigenvalue weighted by Crippen LogP contribution is 2.34. The second kappa shape index (κ2) is 6.77. The van der Waals surface area contributed by atoms with Crippen LogP contribution < -0.4 is 5.43 Å². The van der Waals surface area contributed by atoms with E-state index in [0.717, 1.165) is 13.2 Å².